The Morgan fingerprint density at radius 1 is 1.18 bits per heavy atom. The summed E-state index contributed by atoms with van der Waals surface area (Å²) in [6.45, 7) is 2.49. The monoisotopic (exact) mass is 399 g/mol. The van der Waals surface area contributed by atoms with Crippen molar-refractivity contribution < 1.29 is 27.5 Å². The van der Waals surface area contributed by atoms with E-state index in [0.717, 1.165) is 12.5 Å². The number of likely N-dealkylation sites (tertiary alicyclic amines) is 1. The Bertz CT molecular complexity index is 747. The molecule has 9 heteroatoms. The van der Waals surface area contributed by atoms with Gasteiger partial charge in [0.05, 0.1) is 22.8 Å². The molecule has 6 nitrogen and oxygen atoms in total. The van der Waals surface area contributed by atoms with Crippen LogP contribution in [0.2, 0.25) is 0 Å². The van der Waals surface area contributed by atoms with Crippen LogP contribution in [0.4, 0.5) is 18.0 Å². The van der Waals surface area contributed by atoms with Crippen LogP contribution < -0.4 is 10.6 Å². The standard InChI is InChI=1S/C19H24F3N3O3/c1-18(28-2)11-15(18)24-17(27)23-12-7-9-25(10-8-12)16(26)13-5-3-4-6-14(13)19(20,21)22/h3-6,12,15H,7-11H2,1-2H3,(H2,23,24,27)/t15-,18+/m1/s1. The minimum atomic E-state index is -4.58. The lowest BCUT2D eigenvalue weighted by Crippen LogP contribution is -2.50. The predicted molar refractivity (Wildman–Crippen MR) is 95.9 cm³/mol. The van der Waals surface area contributed by atoms with Crippen molar-refractivity contribution in [3.63, 3.8) is 0 Å². The fraction of sp³-hybridized carbons (Fsp3) is 0.579. The van der Waals surface area contributed by atoms with E-state index in [2.05, 4.69) is 10.6 Å². The summed E-state index contributed by atoms with van der Waals surface area (Å²) in [6, 6.07) is 4.35. The number of ether oxygens (including phenoxy) is 1. The van der Waals surface area contributed by atoms with E-state index in [1.807, 2.05) is 6.92 Å². The van der Waals surface area contributed by atoms with Crippen LogP contribution in [0.1, 0.15) is 42.1 Å². The highest BCUT2D eigenvalue weighted by atomic mass is 19.4. The third-order valence-electron chi connectivity index (χ3n) is 5.54. The van der Waals surface area contributed by atoms with Crippen LogP contribution in [-0.4, -0.2) is 54.7 Å². The van der Waals surface area contributed by atoms with Gasteiger partial charge < -0.3 is 20.3 Å². The van der Waals surface area contributed by atoms with Crippen LogP contribution in [0.15, 0.2) is 24.3 Å². The summed E-state index contributed by atoms with van der Waals surface area (Å²) in [5.74, 6) is -0.635. The van der Waals surface area contributed by atoms with Gasteiger partial charge in [-0.15, -0.1) is 0 Å². The quantitative estimate of drug-likeness (QED) is 0.818. The average Bonchev–Trinajstić information content (AvgIpc) is 3.30. The maximum absolute atomic E-state index is 13.1. The number of piperidine rings is 1. The first-order valence-electron chi connectivity index (χ1n) is 9.22. The lowest BCUT2D eigenvalue weighted by molar-refractivity contribution is -0.138. The lowest BCUT2D eigenvalue weighted by Gasteiger charge is -2.33. The number of alkyl halides is 3. The van der Waals surface area contributed by atoms with Gasteiger partial charge in [-0.25, -0.2) is 4.79 Å². The van der Waals surface area contributed by atoms with Crippen LogP contribution in [-0.2, 0) is 10.9 Å². The van der Waals surface area contributed by atoms with Crippen molar-refractivity contribution in [1.29, 1.82) is 0 Å². The molecule has 0 aromatic heterocycles. The predicted octanol–water partition coefficient (Wildman–Crippen LogP) is 2.79. The molecular formula is C19H24F3N3O3. The van der Waals surface area contributed by atoms with Gasteiger partial charge in [-0.3, -0.25) is 4.79 Å². The van der Waals surface area contributed by atoms with Crippen LogP contribution in [0, 0.1) is 0 Å². The lowest BCUT2D eigenvalue weighted by atomic mass is 10.0. The number of carbonyl (C=O) groups excluding carboxylic acids is 2. The number of hydrogen-bond acceptors (Lipinski definition) is 3. The molecule has 1 saturated carbocycles. The zero-order valence-corrected chi connectivity index (χ0v) is 15.8. The third kappa shape index (κ3) is 4.40. The van der Waals surface area contributed by atoms with Gasteiger partial charge in [-0.2, -0.15) is 13.2 Å². The second kappa shape index (κ2) is 7.62. The minimum absolute atomic E-state index is 0.0296. The summed E-state index contributed by atoms with van der Waals surface area (Å²) < 4.78 is 44.7. The molecule has 1 aliphatic heterocycles. The zero-order valence-electron chi connectivity index (χ0n) is 15.8. The molecule has 3 amide bonds. The van der Waals surface area contributed by atoms with Crippen LogP contribution in [0.3, 0.4) is 0 Å². The molecule has 2 aliphatic rings. The number of rotatable bonds is 4. The smallest absolute Gasteiger partial charge is 0.376 e. The highest BCUT2D eigenvalue weighted by molar-refractivity contribution is 5.96. The third-order valence-corrected chi connectivity index (χ3v) is 5.54. The number of nitrogens with one attached hydrogen (secondary N) is 2. The summed E-state index contributed by atoms with van der Waals surface area (Å²) in [5.41, 5.74) is -1.59. The van der Waals surface area contributed by atoms with E-state index in [1.165, 1.54) is 23.1 Å². The van der Waals surface area contributed by atoms with Gasteiger partial charge >= 0.3 is 12.2 Å². The average molecular weight is 399 g/mol. The number of amides is 3. The van der Waals surface area contributed by atoms with Gasteiger partial charge in [0.2, 0.25) is 0 Å². The molecule has 2 fully saturated rings. The molecule has 1 heterocycles. The van der Waals surface area contributed by atoms with Crippen molar-refractivity contribution in [2.45, 2.75) is 50.0 Å². The van der Waals surface area contributed by atoms with Crippen LogP contribution >= 0.6 is 0 Å². The van der Waals surface area contributed by atoms with Gasteiger partial charge in [-0.05, 0) is 31.9 Å². The van der Waals surface area contributed by atoms with Crippen molar-refractivity contribution in [3.05, 3.63) is 35.4 Å². The Kier molecular flexibility index (Phi) is 5.56. The normalized spacial score (nSPS) is 25.3. The number of halogens is 3. The van der Waals surface area contributed by atoms with Crippen molar-refractivity contribution in [1.82, 2.24) is 15.5 Å². The Morgan fingerprint density at radius 2 is 1.82 bits per heavy atom. The van der Waals surface area contributed by atoms with Crippen molar-refractivity contribution in [3.8, 4) is 0 Å². The topological polar surface area (TPSA) is 70.7 Å². The summed E-state index contributed by atoms with van der Waals surface area (Å²) in [5, 5.41) is 5.71. The van der Waals surface area contributed by atoms with E-state index in [1.54, 1.807) is 7.11 Å². The SMILES string of the molecule is CO[C@@]1(C)C[C@H]1NC(=O)NC1CCN(C(=O)c2ccccc2C(F)(F)F)CC1. The van der Waals surface area contributed by atoms with Crippen molar-refractivity contribution >= 4 is 11.9 Å². The molecule has 2 atom stereocenters. The van der Waals surface area contributed by atoms with Crippen LogP contribution in [0.5, 0.6) is 0 Å². The molecule has 1 aromatic rings. The zero-order chi connectivity index (χ0) is 20.5. The largest absolute Gasteiger partial charge is 0.417 e. The molecular weight excluding hydrogens is 375 g/mol. The number of nitrogens with zero attached hydrogens (tertiary/aromatic N) is 1. The second-order valence-corrected chi connectivity index (χ2v) is 7.50. The van der Waals surface area contributed by atoms with Gasteiger partial charge in [0.15, 0.2) is 0 Å². The van der Waals surface area contributed by atoms with Gasteiger partial charge in [0.25, 0.3) is 5.91 Å². The Hall–Kier alpha value is -2.29. The Morgan fingerprint density at radius 3 is 2.39 bits per heavy atom. The number of urea groups is 1. The number of hydrogen-bond donors (Lipinski definition) is 2. The molecule has 3 rings (SSSR count). The van der Waals surface area contributed by atoms with Gasteiger partial charge in [0, 0.05) is 32.7 Å². The summed E-state index contributed by atoms with van der Waals surface area (Å²) in [4.78, 5) is 26.0. The van der Waals surface area contributed by atoms with Crippen LogP contribution in [0.25, 0.3) is 0 Å². The molecule has 2 N–H and O–H groups in total. The first kappa shape index (κ1) is 20.4. The molecule has 0 unspecified atom stereocenters. The van der Waals surface area contributed by atoms with Crippen molar-refractivity contribution in [2.24, 2.45) is 0 Å². The first-order chi connectivity index (χ1) is 13.1. The van der Waals surface area contributed by atoms with E-state index >= 15 is 0 Å². The van der Waals surface area contributed by atoms with Gasteiger partial charge in [0.1, 0.15) is 0 Å². The Labute approximate surface area is 161 Å². The maximum Gasteiger partial charge on any atom is 0.417 e. The fourth-order valence-corrected chi connectivity index (χ4v) is 3.48. The van der Waals surface area contributed by atoms with E-state index in [4.69, 9.17) is 4.74 Å². The molecule has 0 radical (unpaired) electrons. The number of methoxy groups -OCH3 is 1. The molecule has 1 saturated heterocycles. The van der Waals surface area contributed by atoms with E-state index in [0.29, 0.717) is 12.8 Å². The molecule has 154 valence electrons. The van der Waals surface area contributed by atoms with E-state index in [-0.39, 0.29) is 42.4 Å². The number of benzene rings is 1. The molecule has 0 bridgehead atoms. The first-order valence-corrected chi connectivity index (χ1v) is 9.22. The van der Waals surface area contributed by atoms with E-state index < -0.39 is 17.6 Å². The molecule has 1 aliphatic carbocycles. The van der Waals surface area contributed by atoms with Gasteiger partial charge in [-0.1, -0.05) is 12.1 Å². The summed E-state index contributed by atoms with van der Waals surface area (Å²) in [7, 11) is 1.60. The molecule has 28 heavy (non-hydrogen) atoms. The fourth-order valence-electron chi connectivity index (χ4n) is 3.48. The summed E-state index contributed by atoms with van der Waals surface area (Å²) >= 11 is 0. The Balaban J connectivity index is 1.52. The van der Waals surface area contributed by atoms with Crippen molar-refractivity contribution in [2.75, 3.05) is 20.2 Å². The summed E-state index contributed by atoms with van der Waals surface area (Å²) in [6.07, 6.45) is -2.86. The number of carbonyl (C=O) groups is 2. The minimum Gasteiger partial charge on any atom is -0.376 e. The molecule has 1 aromatic carbocycles. The second-order valence-electron chi connectivity index (χ2n) is 7.50. The molecule has 0 spiro atoms. The highest BCUT2D eigenvalue weighted by Crippen LogP contribution is 2.38. The maximum atomic E-state index is 13.1. The van der Waals surface area contributed by atoms with E-state index in [9.17, 15) is 22.8 Å². The highest BCUT2D eigenvalue weighted by Gasteiger charge is 2.51.